The second-order valence-corrected chi connectivity index (χ2v) is 14.1. The van der Waals surface area contributed by atoms with E-state index < -0.39 is 14.5 Å². The molecule has 0 atom stereocenters. The fourth-order valence-electron chi connectivity index (χ4n) is 3.50. The first-order chi connectivity index (χ1) is 13.8. The van der Waals surface area contributed by atoms with Crippen LogP contribution in [0.2, 0.25) is 25.7 Å². The van der Waals surface area contributed by atoms with Gasteiger partial charge < -0.3 is 14.0 Å². The molecule has 0 spiro atoms. The zero-order valence-corrected chi connectivity index (χ0v) is 18.0. The number of rotatable bonds is 7. The van der Waals surface area contributed by atoms with Crippen LogP contribution in [-0.4, -0.2) is 40.6 Å². The maximum absolute atomic E-state index is 13.8. The predicted octanol–water partition coefficient (Wildman–Crippen LogP) is 4.93. The molecule has 0 aliphatic carbocycles. The first-order valence-electron chi connectivity index (χ1n) is 9.89. The lowest BCUT2D eigenvalue weighted by Crippen LogP contribution is -2.22. The van der Waals surface area contributed by atoms with Gasteiger partial charge in [0, 0.05) is 39.2 Å². The molecule has 4 rings (SSSR count). The molecule has 1 aliphatic rings. The van der Waals surface area contributed by atoms with Crippen molar-refractivity contribution in [3.63, 3.8) is 0 Å². The summed E-state index contributed by atoms with van der Waals surface area (Å²) in [6, 6.07) is 6.65. The number of pyridine rings is 1. The van der Waals surface area contributed by atoms with Crippen LogP contribution in [0.15, 0.2) is 24.4 Å². The molecule has 0 N–H and O–H groups in total. The molecule has 0 saturated heterocycles. The normalized spacial score (nSPS) is 14.4. The first-order valence-corrected chi connectivity index (χ1v) is 13.6. The largest absolute Gasteiger partial charge is 0.477 e. The average Bonchev–Trinajstić information content (AvgIpc) is 3.23. The number of aryl methyl sites for hydroxylation is 1. The van der Waals surface area contributed by atoms with Gasteiger partial charge in [0.05, 0.1) is 17.9 Å². The summed E-state index contributed by atoms with van der Waals surface area (Å²) in [5.41, 5.74) is 1.39. The summed E-state index contributed by atoms with van der Waals surface area (Å²) in [7, 11) is -1.23. The standard InChI is InChI=1S/C20H26F2N4O2Si/c1-29(2,3)11-10-27-13-25-15(12-14-6-4-7-23-19(14)25)16-17(18(21)22)24-26-8-5-9-28-20(16)26/h4,6-7,12,18H,5,8-11,13H2,1-3H3. The van der Waals surface area contributed by atoms with Crippen LogP contribution in [0.25, 0.3) is 22.3 Å². The Balaban J connectivity index is 1.77. The van der Waals surface area contributed by atoms with Crippen LogP contribution < -0.4 is 4.74 Å². The summed E-state index contributed by atoms with van der Waals surface area (Å²) < 4.78 is 42.8. The van der Waals surface area contributed by atoms with E-state index in [2.05, 4.69) is 29.7 Å². The molecule has 6 nitrogen and oxygen atoms in total. The zero-order valence-electron chi connectivity index (χ0n) is 17.0. The molecule has 0 aromatic carbocycles. The molecular formula is C20H26F2N4O2Si. The van der Waals surface area contributed by atoms with E-state index in [0.717, 1.165) is 17.9 Å². The highest BCUT2D eigenvalue weighted by Crippen LogP contribution is 2.41. The van der Waals surface area contributed by atoms with E-state index in [1.807, 2.05) is 22.8 Å². The van der Waals surface area contributed by atoms with E-state index in [0.29, 0.717) is 42.5 Å². The minimum Gasteiger partial charge on any atom is -0.477 e. The Hall–Kier alpha value is -2.26. The van der Waals surface area contributed by atoms with Gasteiger partial charge in [-0.3, -0.25) is 0 Å². The Kier molecular flexibility index (Phi) is 5.43. The maximum Gasteiger partial charge on any atom is 0.282 e. The van der Waals surface area contributed by atoms with Crippen molar-refractivity contribution in [1.29, 1.82) is 0 Å². The van der Waals surface area contributed by atoms with Crippen LogP contribution in [0.5, 0.6) is 5.88 Å². The molecule has 29 heavy (non-hydrogen) atoms. The number of aromatic nitrogens is 4. The van der Waals surface area contributed by atoms with Crippen molar-refractivity contribution in [2.24, 2.45) is 0 Å². The second-order valence-electron chi connectivity index (χ2n) is 8.51. The molecule has 0 radical (unpaired) electrons. The summed E-state index contributed by atoms with van der Waals surface area (Å²) in [5, 5.41) is 5.01. The molecule has 0 amide bonds. The number of alkyl halides is 2. The van der Waals surface area contributed by atoms with E-state index >= 15 is 0 Å². The third kappa shape index (κ3) is 4.06. The summed E-state index contributed by atoms with van der Waals surface area (Å²) in [5.74, 6) is 0.401. The van der Waals surface area contributed by atoms with Crippen molar-refractivity contribution in [2.45, 2.75) is 51.8 Å². The van der Waals surface area contributed by atoms with E-state index in [-0.39, 0.29) is 12.4 Å². The maximum atomic E-state index is 13.8. The van der Waals surface area contributed by atoms with Crippen molar-refractivity contribution < 1.29 is 18.3 Å². The fraction of sp³-hybridized carbons (Fsp3) is 0.500. The van der Waals surface area contributed by atoms with Gasteiger partial charge in [-0.1, -0.05) is 19.6 Å². The minimum atomic E-state index is -2.70. The van der Waals surface area contributed by atoms with Crippen molar-refractivity contribution in [3.8, 4) is 17.1 Å². The number of hydrogen-bond donors (Lipinski definition) is 0. The Labute approximate surface area is 169 Å². The van der Waals surface area contributed by atoms with Gasteiger partial charge in [-0.15, -0.1) is 0 Å². The Morgan fingerprint density at radius 2 is 2.14 bits per heavy atom. The Morgan fingerprint density at radius 1 is 1.31 bits per heavy atom. The van der Waals surface area contributed by atoms with Gasteiger partial charge in [-0.05, 0) is 24.2 Å². The quantitative estimate of drug-likeness (QED) is 0.402. The molecule has 1 aliphatic heterocycles. The van der Waals surface area contributed by atoms with Crippen LogP contribution in [0, 0.1) is 0 Å². The Bertz CT molecular complexity index is 1010. The number of ether oxygens (including phenoxy) is 2. The van der Waals surface area contributed by atoms with Gasteiger partial charge in [-0.2, -0.15) is 5.10 Å². The lowest BCUT2D eigenvalue weighted by atomic mass is 10.1. The van der Waals surface area contributed by atoms with Crippen LogP contribution in [0.3, 0.4) is 0 Å². The number of nitrogens with zero attached hydrogens (tertiary/aromatic N) is 4. The van der Waals surface area contributed by atoms with Crippen molar-refractivity contribution in [2.75, 3.05) is 13.2 Å². The number of fused-ring (bicyclic) bond motifs is 2. The molecule has 4 heterocycles. The van der Waals surface area contributed by atoms with Gasteiger partial charge in [-0.25, -0.2) is 18.4 Å². The molecule has 0 saturated carbocycles. The van der Waals surface area contributed by atoms with E-state index in [1.54, 1.807) is 10.9 Å². The highest BCUT2D eigenvalue weighted by Gasteiger charge is 2.30. The molecule has 3 aromatic heterocycles. The molecule has 0 unspecified atom stereocenters. The lowest BCUT2D eigenvalue weighted by Gasteiger charge is -2.18. The van der Waals surface area contributed by atoms with E-state index in [4.69, 9.17) is 9.47 Å². The van der Waals surface area contributed by atoms with Gasteiger partial charge in [0.15, 0.2) is 0 Å². The monoisotopic (exact) mass is 420 g/mol. The summed E-state index contributed by atoms with van der Waals surface area (Å²) in [6.07, 6.45) is -0.247. The molecule has 0 fully saturated rings. The fourth-order valence-corrected chi connectivity index (χ4v) is 4.25. The van der Waals surface area contributed by atoms with Crippen molar-refractivity contribution in [1.82, 2.24) is 19.3 Å². The topological polar surface area (TPSA) is 54.1 Å². The SMILES string of the molecule is C[Si](C)(C)CCOCn1c(-c2c(C(F)F)nn3c2OCCC3)cc2cccnc21. The van der Waals surface area contributed by atoms with Crippen LogP contribution in [0.4, 0.5) is 8.78 Å². The minimum absolute atomic E-state index is 0.244. The average molecular weight is 421 g/mol. The molecule has 156 valence electrons. The zero-order chi connectivity index (χ0) is 20.6. The summed E-state index contributed by atoms with van der Waals surface area (Å²) >= 11 is 0. The highest BCUT2D eigenvalue weighted by molar-refractivity contribution is 6.76. The molecule has 3 aromatic rings. The number of halogens is 2. The smallest absolute Gasteiger partial charge is 0.282 e. The third-order valence-corrected chi connectivity index (χ3v) is 6.73. The molecule has 0 bridgehead atoms. The Morgan fingerprint density at radius 3 is 2.90 bits per heavy atom. The highest BCUT2D eigenvalue weighted by atomic mass is 28.3. The van der Waals surface area contributed by atoms with Crippen molar-refractivity contribution in [3.05, 3.63) is 30.1 Å². The number of hydrogen-bond acceptors (Lipinski definition) is 4. The first kappa shape index (κ1) is 20.0. The van der Waals surface area contributed by atoms with Crippen LogP contribution in [0.1, 0.15) is 18.5 Å². The van der Waals surface area contributed by atoms with E-state index in [9.17, 15) is 8.78 Å². The van der Waals surface area contributed by atoms with Crippen LogP contribution in [-0.2, 0) is 18.0 Å². The molecule has 9 heteroatoms. The summed E-state index contributed by atoms with van der Waals surface area (Å²) in [4.78, 5) is 4.46. The molecular weight excluding hydrogens is 394 g/mol. The van der Waals surface area contributed by atoms with Crippen LogP contribution >= 0.6 is 0 Å². The third-order valence-electron chi connectivity index (χ3n) is 5.02. The second kappa shape index (κ2) is 7.87. The van der Waals surface area contributed by atoms with Gasteiger partial charge in [0.1, 0.15) is 18.1 Å². The van der Waals surface area contributed by atoms with Gasteiger partial charge in [0.2, 0.25) is 5.88 Å². The predicted molar refractivity (Wildman–Crippen MR) is 110 cm³/mol. The summed E-state index contributed by atoms with van der Waals surface area (Å²) in [6.45, 7) is 8.81. The van der Waals surface area contributed by atoms with Gasteiger partial charge in [0.25, 0.3) is 6.43 Å². The van der Waals surface area contributed by atoms with Crippen molar-refractivity contribution >= 4 is 19.1 Å². The van der Waals surface area contributed by atoms with E-state index in [1.165, 1.54) is 0 Å². The lowest BCUT2D eigenvalue weighted by molar-refractivity contribution is 0.0907. The van der Waals surface area contributed by atoms with Gasteiger partial charge >= 0.3 is 0 Å².